The van der Waals surface area contributed by atoms with Crippen molar-refractivity contribution in [2.24, 2.45) is 5.92 Å². The second-order valence-electron chi connectivity index (χ2n) is 6.41. The fourth-order valence-corrected chi connectivity index (χ4v) is 3.28. The van der Waals surface area contributed by atoms with Gasteiger partial charge in [-0.05, 0) is 53.3 Å². The summed E-state index contributed by atoms with van der Waals surface area (Å²) >= 11 is 0. The highest BCUT2D eigenvalue weighted by Crippen LogP contribution is 2.47. The van der Waals surface area contributed by atoms with Crippen molar-refractivity contribution in [3.8, 4) is 0 Å². The van der Waals surface area contributed by atoms with Gasteiger partial charge in [-0.15, -0.1) is 0 Å². The summed E-state index contributed by atoms with van der Waals surface area (Å²) in [5.74, 6) is -0.0840. The van der Waals surface area contributed by atoms with Crippen LogP contribution >= 0.6 is 0 Å². The minimum Gasteiger partial charge on any atom is -0.369 e. The predicted octanol–water partition coefficient (Wildman–Crippen LogP) is 3.07. The van der Waals surface area contributed by atoms with Crippen molar-refractivity contribution in [3.05, 3.63) is 29.8 Å². The molecule has 1 aromatic heterocycles. The lowest BCUT2D eigenvalue weighted by Gasteiger charge is -2.32. The molecule has 1 aromatic rings. The minimum absolute atomic E-state index is 0.141. The summed E-state index contributed by atoms with van der Waals surface area (Å²) in [6.45, 7) is 8.29. The highest BCUT2D eigenvalue weighted by Gasteiger charge is 2.49. The van der Waals surface area contributed by atoms with E-state index in [2.05, 4.69) is 38.0 Å². The Bertz CT molecular complexity index is 459. The molecule has 2 heterocycles. The van der Waals surface area contributed by atoms with Crippen LogP contribution in [0, 0.1) is 11.7 Å². The zero-order valence-corrected chi connectivity index (χ0v) is 12.3. The quantitative estimate of drug-likeness (QED) is 0.913. The lowest BCUT2D eigenvalue weighted by Crippen LogP contribution is -2.38. The van der Waals surface area contributed by atoms with Crippen molar-refractivity contribution in [1.29, 1.82) is 0 Å². The lowest BCUT2D eigenvalue weighted by atomic mass is 9.80. The third-order valence-electron chi connectivity index (χ3n) is 3.94. The van der Waals surface area contributed by atoms with Crippen LogP contribution < -0.4 is 5.32 Å². The first-order chi connectivity index (χ1) is 8.77. The zero-order chi connectivity index (χ0) is 14.3. The summed E-state index contributed by atoms with van der Waals surface area (Å²) in [6.07, 6.45) is 2.51. The number of halogens is 1. The van der Waals surface area contributed by atoms with Crippen LogP contribution in [0.5, 0.6) is 0 Å². The third kappa shape index (κ3) is 2.79. The highest BCUT2D eigenvalue weighted by atomic mass is 19.1. The van der Waals surface area contributed by atoms with Gasteiger partial charge in [-0.1, -0.05) is 0 Å². The van der Waals surface area contributed by atoms with Gasteiger partial charge >= 0.3 is 0 Å². The topological polar surface area (TPSA) is 34.2 Å². The molecule has 0 saturated carbocycles. The average molecular weight is 266 g/mol. The van der Waals surface area contributed by atoms with E-state index in [-0.39, 0.29) is 29.0 Å². The lowest BCUT2D eigenvalue weighted by molar-refractivity contribution is -0.0778. The van der Waals surface area contributed by atoms with Crippen molar-refractivity contribution in [3.63, 3.8) is 0 Å². The van der Waals surface area contributed by atoms with Crippen LogP contribution in [0.3, 0.4) is 0 Å². The molecule has 106 valence electrons. The number of rotatable bonds is 3. The smallest absolute Gasteiger partial charge is 0.146 e. The Kier molecular flexibility index (Phi) is 3.67. The summed E-state index contributed by atoms with van der Waals surface area (Å²) in [6, 6.07) is 2.94. The predicted molar refractivity (Wildman–Crippen MR) is 73.3 cm³/mol. The van der Waals surface area contributed by atoms with Crippen LogP contribution in [-0.2, 0) is 4.74 Å². The van der Waals surface area contributed by atoms with Gasteiger partial charge in [-0.2, -0.15) is 0 Å². The van der Waals surface area contributed by atoms with Crippen LogP contribution in [0.1, 0.15) is 45.9 Å². The van der Waals surface area contributed by atoms with Crippen LogP contribution in [-0.4, -0.2) is 23.2 Å². The molecule has 2 atom stereocenters. The van der Waals surface area contributed by atoms with Gasteiger partial charge < -0.3 is 10.1 Å². The first-order valence-corrected chi connectivity index (χ1v) is 6.75. The molecule has 3 nitrogen and oxygen atoms in total. The summed E-state index contributed by atoms with van der Waals surface area (Å²) in [5.41, 5.74) is -0.0141. The first kappa shape index (κ1) is 14.4. The molecule has 1 aliphatic rings. The van der Waals surface area contributed by atoms with E-state index < -0.39 is 0 Å². The molecule has 0 amide bonds. The Labute approximate surface area is 114 Å². The Morgan fingerprint density at radius 3 is 2.58 bits per heavy atom. The number of hydrogen-bond acceptors (Lipinski definition) is 3. The molecule has 0 aromatic carbocycles. The molecule has 1 fully saturated rings. The van der Waals surface area contributed by atoms with E-state index in [0.29, 0.717) is 5.69 Å². The van der Waals surface area contributed by atoms with Gasteiger partial charge in [0.2, 0.25) is 0 Å². The summed E-state index contributed by atoms with van der Waals surface area (Å²) < 4.78 is 20.1. The maximum absolute atomic E-state index is 14.0. The Morgan fingerprint density at radius 1 is 1.42 bits per heavy atom. The molecule has 4 heteroatoms. The average Bonchev–Trinajstić information content (AvgIpc) is 2.51. The van der Waals surface area contributed by atoms with Crippen LogP contribution in [0.4, 0.5) is 4.39 Å². The molecule has 2 unspecified atom stereocenters. The van der Waals surface area contributed by atoms with Crippen LogP contribution in [0.25, 0.3) is 0 Å². The van der Waals surface area contributed by atoms with E-state index in [1.807, 2.05) is 7.05 Å². The Balaban J connectivity index is 2.36. The van der Waals surface area contributed by atoms with Crippen LogP contribution in [0.2, 0.25) is 0 Å². The normalized spacial score (nSPS) is 26.3. The largest absolute Gasteiger partial charge is 0.369 e. The minimum atomic E-state index is -0.304. The zero-order valence-electron chi connectivity index (χ0n) is 12.3. The Morgan fingerprint density at radius 2 is 2.11 bits per heavy atom. The number of hydrogen-bond donors (Lipinski definition) is 1. The molecule has 19 heavy (non-hydrogen) atoms. The van der Waals surface area contributed by atoms with Gasteiger partial charge in [0.15, 0.2) is 0 Å². The van der Waals surface area contributed by atoms with Gasteiger partial charge in [-0.3, -0.25) is 4.98 Å². The standard InChI is InChI=1S/C15H23FN2O/c1-14(2)9-10(15(3,4)19-14)12(17-5)13-11(16)7-6-8-18-13/h6-8,10,12,17H,9H2,1-5H3. The van der Waals surface area contributed by atoms with E-state index in [1.165, 1.54) is 6.07 Å². The van der Waals surface area contributed by atoms with Gasteiger partial charge in [0, 0.05) is 12.1 Å². The van der Waals surface area contributed by atoms with Crippen molar-refractivity contribution in [2.45, 2.75) is 51.4 Å². The second-order valence-corrected chi connectivity index (χ2v) is 6.41. The molecule has 0 radical (unpaired) electrons. The molecular formula is C15H23FN2O. The van der Waals surface area contributed by atoms with Gasteiger partial charge in [0.25, 0.3) is 0 Å². The van der Waals surface area contributed by atoms with E-state index in [4.69, 9.17) is 4.74 Å². The van der Waals surface area contributed by atoms with Crippen LogP contribution in [0.15, 0.2) is 18.3 Å². The summed E-state index contributed by atoms with van der Waals surface area (Å²) in [5, 5.41) is 3.21. The van der Waals surface area contributed by atoms with Gasteiger partial charge in [-0.25, -0.2) is 4.39 Å². The highest BCUT2D eigenvalue weighted by molar-refractivity contribution is 5.16. The van der Waals surface area contributed by atoms with E-state index in [1.54, 1.807) is 12.3 Å². The van der Waals surface area contributed by atoms with E-state index in [9.17, 15) is 4.39 Å². The molecule has 1 saturated heterocycles. The van der Waals surface area contributed by atoms with E-state index in [0.717, 1.165) is 6.42 Å². The number of pyridine rings is 1. The molecule has 0 spiro atoms. The van der Waals surface area contributed by atoms with Crippen molar-refractivity contribution in [1.82, 2.24) is 10.3 Å². The number of nitrogens with one attached hydrogen (secondary N) is 1. The molecule has 0 bridgehead atoms. The van der Waals surface area contributed by atoms with Crippen molar-refractivity contribution < 1.29 is 9.13 Å². The number of aromatic nitrogens is 1. The first-order valence-electron chi connectivity index (χ1n) is 6.75. The maximum Gasteiger partial charge on any atom is 0.146 e. The van der Waals surface area contributed by atoms with Gasteiger partial charge in [0.1, 0.15) is 5.82 Å². The monoisotopic (exact) mass is 266 g/mol. The summed E-state index contributed by atoms with van der Waals surface area (Å²) in [7, 11) is 1.85. The van der Waals surface area contributed by atoms with Gasteiger partial charge in [0.05, 0.1) is 22.9 Å². The SMILES string of the molecule is CNC(c1ncccc1F)C1CC(C)(C)OC1(C)C. The fraction of sp³-hybridized carbons (Fsp3) is 0.667. The van der Waals surface area contributed by atoms with Crippen molar-refractivity contribution >= 4 is 0 Å². The number of nitrogens with zero attached hydrogens (tertiary/aromatic N) is 1. The molecular weight excluding hydrogens is 243 g/mol. The van der Waals surface area contributed by atoms with Crippen molar-refractivity contribution in [2.75, 3.05) is 7.05 Å². The Hall–Kier alpha value is -1.00. The molecule has 1 N–H and O–H groups in total. The second kappa shape index (κ2) is 4.84. The fourth-order valence-electron chi connectivity index (χ4n) is 3.28. The maximum atomic E-state index is 14.0. The molecule has 0 aliphatic carbocycles. The molecule has 1 aliphatic heterocycles. The third-order valence-corrected chi connectivity index (χ3v) is 3.94. The molecule has 2 rings (SSSR count). The summed E-state index contributed by atoms with van der Waals surface area (Å²) in [4.78, 5) is 4.21. The van der Waals surface area contributed by atoms with E-state index >= 15 is 0 Å². The number of ether oxygens (including phenoxy) is 1.